The van der Waals surface area contributed by atoms with Gasteiger partial charge in [0.15, 0.2) is 0 Å². The van der Waals surface area contributed by atoms with E-state index < -0.39 is 10.9 Å². The first kappa shape index (κ1) is 12.0. The Morgan fingerprint density at radius 2 is 2.25 bits per heavy atom. The highest BCUT2D eigenvalue weighted by Crippen LogP contribution is 2.26. The number of nitro benzene ring substituents is 1. The predicted octanol–water partition coefficient (Wildman–Crippen LogP) is 1.38. The first-order valence-electron chi connectivity index (χ1n) is 4.08. The van der Waals surface area contributed by atoms with Crippen LogP contribution in [0.5, 0.6) is 0 Å². The molecule has 0 saturated carbocycles. The minimum Gasteiger partial charge on any atom is -0.481 e. The summed E-state index contributed by atoms with van der Waals surface area (Å²) in [4.78, 5) is 20.4. The van der Waals surface area contributed by atoms with Gasteiger partial charge in [-0.15, -0.1) is 12.6 Å². The van der Waals surface area contributed by atoms with E-state index in [4.69, 9.17) is 10.4 Å². The van der Waals surface area contributed by atoms with E-state index >= 15 is 0 Å². The van der Waals surface area contributed by atoms with Gasteiger partial charge in [0.2, 0.25) is 0 Å². The summed E-state index contributed by atoms with van der Waals surface area (Å²) in [6, 6.07) is 3.98. The Hall–Kier alpha value is -2.07. The molecule has 0 fully saturated rings. The van der Waals surface area contributed by atoms with E-state index in [1.54, 1.807) is 6.07 Å². The SMILES string of the molecule is N#Cc1cc([N+](=O)[O-])c(S)cc1CC(=O)O. The van der Waals surface area contributed by atoms with Crippen LogP contribution >= 0.6 is 12.6 Å². The molecule has 16 heavy (non-hydrogen) atoms. The number of rotatable bonds is 3. The van der Waals surface area contributed by atoms with Crippen molar-refractivity contribution < 1.29 is 14.8 Å². The second kappa shape index (κ2) is 4.63. The van der Waals surface area contributed by atoms with E-state index in [1.165, 1.54) is 6.07 Å². The van der Waals surface area contributed by atoms with Crippen LogP contribution in [-0.2, 0) is 11.2 Å². The zero-order chi connectivity index (χ0) is 12.3. The summed E-state index contributed by atoms with van der Waals surface area (Å²) in [7, 11) is 0. The third-order valence-corrected chi connectivity index (χ3v) is 2.22. The number of carboxylic acid groups (broad SMARTS) is 1. The fourth-order valence-electron chi connectivity index (χ4n) is 1.18. The summed E-state index contributed by atoms with van der Waals surface area (Å²) in [6.07, 6.45) is -0.367. The highest BCUT2D eigenvalue weighted by Gasteiger charge is 2.17. The third kappa shape index (κ3) is 2.49. The van der Waals surface area contributed by atoms with Crippen molar-refractivity contribution in [3.63, 3.8) is 0 Å². The van der Waals surface area contributed by atoms with Crippen molar-refractivity contribution in [2.24, 2.45) is 0 Å². The standard InChI is InChI=1S/C9H6N2O4S/c10-4-6-1-7(11(14)15)8(16)2-5(6)3-9(12)13/h1-2,16H,3H2,(H,12,13). The maximum atomic E-state index is 10.6. The van der Waals surface area contributed by atoms with E-state index in [9.17, 15) is 14.9 Å². The van der Waals surface area contributed by atoms with Crippen LogP contribution < -0.4 is 0 Å². The molecule has 6 nitrogen and oxygen atoms in total. The molecule has 1 aromatic carbocycles. The van der Waals surface area contributed by atoms with Gasteiger partial charge < -0.3 is 5.11 Å². The number of nitro groups is 1. The minimum absolute atomic E-state index is 0.0214. The highest BCUT2D eigenvalue weighted by atomic mass is 32.1. The first-order chi connectivity index (χ1) is 7.45. The van der Waals surface area contributed by atoms with Crippen LogP contribution in [0.3, 0.4) is 0 Å². The minimum atomic E-state index is -1.11. The molecule has 82 valence electrons. The number of nitrogens with zero attached hydrogens (tertiary/aromatic N) is 2. The van der Waals surface area contributed by atoms with Crippen LogP contribution in [0.15, 0.2) is 17.0 Å². The summed E-state index contributed by atoms with van der Waals surface area (Å²) in [6.45, 7) is 0. The molecule has 0 unspecified atom stereocenters. The van der Waals surface area contributed by atoms with Crippen LogP contribution in [0.1, 0.15) is 11.1 Å². The lowest BCUT2D eigenvalue weighted by atomic mass is 10.0. The molecule has 0 aliphatic carbocycles. The van der Waals surface area contributed by atoms with Crippen LogP contribution in [-0.4, -0.2) is 16.0 Å². The number of carbonyl (C=O) groups is 1. The van der Waals surface area contributed by atoms with Crippen LogP contribution in [0.2, 0.25) is 0 Å². The highest BCUT2D eigenvalue weighted by molar-refractivity contribution is 7.80. The molecule has 0 radical (unpaired) electrons. The molecule has 1 rings (SSSR count). The lowest BCUT2D eigenvalue weighted by Gasteiger charge is -2.03. The molecule has 1 aromatic rings. The molecule has 0 heterocycles. The smallest absolute Gasteiger partial charge is 0.307 e. The third-order valence-electron chi connectivity index (χ3n) is 1.86. The maximum Gasteiger partial charge on any atom is 0.307 e. The lowest BCUT2D eigenvalue weighted by Crippen LogP contribution is -2.03. The summed E-state index contributed by atoms with van der Waals surface area (Å²) < 4.78 is 0. The zero-order valence-electron chi connectivity index (χ0n) is 7.88. The van der Waals surface area contributed by atoms with Crippen molar-refractivity contribution in [1.82, 2.24) is 0 Å². The molecular weight excluding hydrogens is 232 g/mol. The average Bonchev–Trinajstić information content (AvgIpc) is 2.16. The second-order valence-corrected chi connectivity index (χ2v) is 3.42. The number of hydrogen-bond donors (Lipinski definition) is 2. The van der Waals surface area contributed by atoms with Gasteiger partial charge in [0.05, 0.1) is 27.9 Å². The Balaban J connectivity index is 3.33. The molecule has 0 amide bonds. The van der Waals surface area contributed by atoms with E-state index in [-0.39, 0.29) is 28.1 Å². The molecule has 0 aliphatic heterocycles. The molecule has 0 spiro atoms. The van der Waals surface area contributed by atoms with Crippen LogP contribution in [0.4, 0.5) is 5.69 Å². The number of hydrogen-bond acceptors (Lipinski definition) is 5. The molecule has 0 aromatic heterocycles. The van der Waals surface area contributed by atoms with Gasteiger partial charge in [-0.2, -0.15) is 5.26 Å². The van der Waals surface area contributed by atoms with Gasteiger partial charge in [0, 0.05) is 6.07 Å². The molecule has 0 bridgehead atoms. The fraction of sp³-hybridized carbons (Fsp3) is 0.111. The molecule has 0 atom stereocenters. The summed E-state index contributed by atoms with van der Waals surface area (Å²) in [5, 5.41) is 27.9. The van der Waals surface area contributed by atoms with Gasteiger partial charge in [0.25, 0.3) is 5.69 Å². The van der Waals surface area contributed by atoms with Crippen molar-refractivity contribution in [2.45, 2.75) is 11.3 Å². The lowest BCUT2D eigenvalue weighted by molar-refractivity contribution is -0.387. The van der Waals surface area contributed by atoms with Crippen molar-refractivity contribution in [3.8, 4) is 6.07 Å². The largest absolute Gasteiger partial charge is 0.481 e. The van der Waals surface area contributed by atoms with Gasteiger partial charge >= 0.3 is 5.97 Å². The first-order valence-corrected chi connectivity index (χ1v) is 4.52. The molecular formula is C9H6N2O4S. The van der Waals surface area contributed by atoms with Gasteiger partial charge in [-0.3, -0.25) is 14.9 Å². The molecule has 0 aliphatic rings. The van der Waals surface area contributed by atoms with Gasteiger partial charge in [0.1, 0.15) is 0 Å². The van der Waals surface area contributed by atoms with Crippen LogP contribution in [0, 0.1) is 21.4 Å². The fourth-order valence-corrected chi connectivity index (χ4v) is 1.48. The van der Waals surface area contributed by atoms with E-state index in [0.29, 0.717) is 0 Å². The Kier molecular flexibility index (Phi) is 3.48. The monoisotopic (exact) mass is 238 g/mol. The van der Waals surface area contributed by atoms with Gasteiger partial charge in [-0.05, 0) is 11.6 Å². The normalized spacial score (nSPS) is 9.50. The van der Waals surface area contributed by atoms with Crippen LogP contribution in [0.25, 0.3) is 0 Å². The number of aliphatic carboxylic acids is 1. The maximum absolute atomic E-state index is 10.6. The van der Waals surface area contributed by atoms with Crippen molar-refractivity contribution >= 4 is 24.3 Å². The number of benzene rings is 1. The zero-order valence-corrected chi connectivity index (χ0v) is 8.77. The van der Waals surface area contributed by atoms with Crippen molar-refractivity contribution in [3.05, 3.63) is 33.4 Å². The second-order valence-electron chi connectivity index (χ2n) is 2.94. The Labute approximate surface area is 95.7 Å². The number of carboxylic acids is 1. The van der Waals surface area contributed by atoms with Crippen molar-refractivity contribution in [1.29, 1.82) is 5.26 Å². The summed E-state index contributed by atoms with van der Waals surface area (Å²) >= 11 is 3.87. The summed E-state index contributed by atoms with van der Waals surface area (Å²) in [5.41, 5.74) is -0.119. The van der Waals surface area contributed by atoms with Gasteiger partial charge in [-0.1, -0.05) is 0 Å². The van der Waals surface area contributed by atoms with E-state index in [2.05, 4.69) is 12.6 Å². The summed E-state index contributed by atoms with van der Waals surface area (Å²) in [5.74, 6) is -1.11. The Bertz CT molecular complexity index is 507. The average molecular weight is 238 g/mol. The predicted molar refractivity (Wildman–Crippen MR) is 56.4 cm³/mol. The number of nitriles is 1. The molecule has 7 heteroatoms. The Morgan fingerprint density at radius 1 is 1.62 bits per heavy atom. The van der Waals surface area contributed by atoms with Gasteiger partial charge in [-0.25, -0.2) is 0 Å². The molecule has 1 N–H and O–H groups in total. The topological polar surface area (TPSA) is 104 Å². The molecule has 0 saturated heterocycles. The van der Waals surface area contributed by atoms with E-state index in [1.807, 2.05) is 0 Å². The van der Waals surface area contributed by atoms with E-state index in [0.717, 1.165) is 6.07 Å². The Morgan fingerprint density at radius 3 is 2.69 bits per heavy atom. The van der Waals surface area contributed by atoms with Crippen molar-refractivity contribution in [2.75, 3.05) is 0 Å². The quantitative estimate of drug-likeness (QED) is 0.470. The number of thiol groups is 1.